The van der Waals surface area contributed by atoms with Gasteiger partial charge in [0.2, 0.25) is 0 Å². The molecule has 3 aromatic rings. The zero-order valence-corrected chi connectivity index (χ0v) is 19.3. The van der Waals surface area contributed by atoms with Crippen molar-refractivity contribution < 1.29 is 14.3 Å². The number of carbonyl (C=O) groups is 1. The number of nitrogens with zero attached hydrogens (tertiary/aromatic N) is 3. The van der Waals surface area contributed by atoms with Crippen molar-refractivity contribution in [3.05, 3.63) is 71.9 Å². The van der Waals surface area contributed by atoms with Crippen LogP contribution in [0.3, 0.4) is 0 Å². The molecule has 2 aromatic carbocycles. The van der Waals surface area contributed by atoms with Crippen LogP contribution < -0.4 is 14.8 Å². The van der Waals surface area contributed by atoms with E-state index in [0.717, 1.165) is 30.2 Å². The van der Waals surface area contributed by atoms with Crippen molar-refractivity contribution in [2.24, 2.45) is 0 Å². The summed E-state index contributed by atoms with van der Waals surface area (Å²) in [7, 11) is 1.64. The molecule has 0 bridgehead atoms. The zero-order valence-electron chi connectivity index (χ0n) is 19.3. The SMILES string of the molecule is COc1ccc(OC2CCN(C(=O)c3cnn4c3NC(c3ccccc3)CC4(C)C)C2)cc1. The fourth-order valence-corrected chi connectivity index (χ4v) is 4.82. The molecule has 1 fully saturated rings. The van der Waals surface area contributed by atoms with E-state index in [1.165, 1.54) is 5.56 Å². The summed E-state index contributed by atoms with van der Waals surface area (Å²) in [5.74, 6) is 2.37. The molecule has 2 aliphatic heterocycles. The summed E-state index contributed by atoms with van der Waals surface area (Å²) in [6.45, 7) is 5.56. The van der Waals surface area contributed by atoms with E-state index in [4.69, 9.17) is 9.47 Å². The van der Waals surface area contributed by atoms with Crippen LogP contribution in [-0.2, 0) is 5.54 Å². The van der Waals surface area contributed by atoms with Crippen molar-refractivity contribution in [2.45, 2.75) is 44.4 Å². The van der Waals surface area contributed by atoms with Gasteiger partial charge in [0.1, 0.15) is 29.0 Å². The molecule has 0 radical (unpaired) electrons. The number of hydrogen-bond donors (Lipinski definition) is 1. The van der Waals surface area contributed by atoms with Gasteiger partial charge in [-0.15, -0.1) is 0 Å². The van der Waals surface area contributed by atoms with E-state index in [1.54, 1.807) is 13.3 Å². The van der Waals surface area contributed by atoms with Gasteiger partial charge in [-0.3, -0.25) is 4.79 Å². The highest BCUT2D eigenvalue weighted by atomic mass is 16.5. The lowest BCUT2D eigenvalue weighted by molar-refractivity contribution is 0.0773. The fourth-order valence-electron chi connectivity index (χ4n) is 4.82. The average molecular weight is 447 g/mol. The average Bonchev–Trinajstić information content (AvgIpc) is 3.47. The number of nitrogens with one attached hydrogen (secondary N) is 1. The Morgan fingerprint density at radius 1 is 1.09 bits per heavy atom. The largest absolute Gasteiger partial charge is 0.497 e. The number of amides is 1. The second kappa shape index (κ2) is 8.46. The van der Waals surface area contributed by atoms with Crippen LogP contribution in [0.1, 0.15) is 48.7 Å². The Kier molecular flexibility index (Phi) is 5.48. The van der Waals surface area contributed by atoms with Crippen molar-refractivity contribution in [1.82, 2.24) is 14.7 Å². The van der Waals surface area contributed by atoms with Gasteiger partial charge in [0.25, 0.3) is 5.91 Å². The fraction of sp³-hybridized carbons (Fsp3) is 0.385. The predicted octanol–water partition coefficient (Wildman–Crippen LogP) is 4.48. The standard InChI is InChI=1S/C26H30N4O3/c1-26(2)15-23(18-7-5-4-6-8-18)28-24-22(16-27-30(24)26)25(31)29-14-13-21(17-29)33-20-11-9-19(32-3)10-12-20/h4-12,16,21,23,28H,13-15,17H2,1-3H3. The first-order valence-electron chi connectivity index (χ1n) is 11.4. The maximum absolute atomic E-state index is 13.5. The number of fused-ring (bicyclic) bond motifs is 1. The molecule has 33 heavy (non-hydrogen) atoms. The van der Waals surface area contributed by atoms with Crippen LogP contribution in [0.5, 0.6) is 11.5 Å². The number of anilines is 1. The lowest BCUT2D eigenvalue weighted by Crippen LogP contribution is -2.39. The summed E-state index contributed by atoms with van der Waals surface area (Å²) in [4.78, 5) is 15.3. The molecule has 2 atom stereocenters. The summed E-state index contributed by atoms with van der Waals surface area (Å²) in [6, 6.07) is 18.1. The maximum Gasteiger partial charge on any atom is 0.259 e. The van der Waals surface area contributed by atoms with Crippen molar-refractivity contribution >= 4 is 11.7 Å². The van der Waals surface area contributed by atoms with E-state index in [-0.39, 0.29) is 23.6 Å². The van der Waals surface area contributed by atoms with Crippen LogP contribution in [0.4, 0.5) is 5.82 Å². The normalized spacial score (nSPS) is 21.2. The van der Waals surface area contributed by atoms with Gasteiger partial charge in [-0.2, -0.15) is 5.10 Å². The number of rotatable bonds is 5. The van der Waals surface area contributed by atoms with E-state index < -0.39 is 0 Å². The summed E-state index contributed by atoms with van der Waals surface area (Å²) < 4.78 is 13.3. The molecular formula is C26H30N4O3. The molecule has 1 amide bonds. The summed E-state index contributed by atoms with van der Waals surface area (Å²) in [6.07, 6.45) is 3.36. The minimum Gasteiger partial charge on any atom is -0.497 e. The first-order chi connectivity index (χ1) is 15.9. The second-order valence-corrected chi connectivity index (χ2v) is 9.40. The quantitative estimate of drug-likeness (QED) is 0.626. The first-order valence-corrected chi connectivity index (χ1v) is 11.4. The molecule has 7 nitrogen and oxygen atoms in total. The Labute approximate surface area is 194 Å². The van der Waals surface area contributed by atoms with E-state index in [9.17, 15) is 4.79 Å². The molecular weight excluding hydrogens is 416 g/mol. The monoisotopic (exact) mass is 446 g/mol. The molecule has 172 valence electrons. The third-order valence-electron chi connectivity index (χ3n) is 6.58. The van der Waals surface area contributed by atoms with Gasteiger partial charge in [-0.1, -0.05) is 30.3 Å². The molecule has 3 heterocycles. The smallest absolute Gasteiger partial charge is 0.259 e. The van der Waals surface area contributed by atoms with Crippen molar-refractivity contribution in [2.75, 3.05) is 25.5 Å². The molecule has 2 unspecified atom stereocenters. The van der Waals surface area contributed by atoms with Gasteiger partial charge in [0.15, 0.2) is 0 Å². The minimum atomic E-state index is -0.204. The van der Waals surface area contributed by atoms with Crippen LogP contribution in [0, 0.1) is 0 Å². The van der Waals surface area contributed by atoms with Crippen LogP contribution in [0.2, 0.25) is 0 Å². The number of ether oxygens (including phenoxy) is 2. The Balaban J connectivity index is 1.31. The summed E-state index contributed by atoms with van der Waals surface area (Å²) >= 11 is 0. The molecule has 1 N–H and O–H groups in total. The van der Waals surface area contributed by atoms with E-state index in [2.05, 4.69) is 48.5 Å². The third-order valence-corrected chi connectivity index (χ3v) is 6.58. The highest BCUT2D eigenvalue weighted by Gasteiger charge is 2.38. The van der Waals surface area contributed by atoms with Crippen LogP contribution in [0.25, 0.3) is 0 Å². The molecule has 1 aromatic heterocycles. The lowest BCUT2D eigenvalue weighted by atomic mass is 9.89. The van der Waals surface area contributed by atoms with Gasteiger partial charge in [-0.05, 0) is 50.1 Å². The Bertz CT molecular complexity index is 1120. The number of aromatic nitrogens is 2. The van der Waals surface area contributed by atoms with E-state index >= 15 is 0 Å². The molecule has 0 saturated carbocycles. The molecule has 5 rings (SSSR count). The zero-order chi connectivity index (χ0) is 23.0. The van der Waals surface area contributed by atoms with Crippen molar-refractivity contribution in [1.29, 1.82) is 0 Å². The number of benzene rings is 2. The van der Waals surface area contributed by atoms with Crippen LogP contribution >= 0.6 is 0 Å². The van der Waals surface area contributed by atoms with Gasteiger partial charge >= 0.3 is 0 Å². The molecule has 1 saturated heterocycles. The van der Waals surface area contributed by atoms with Crippen molar-refractivity contribution in [3.8, 4) is 11.5 Å². The highest BCUT2D eigenvalue weighted by Crippen LogP contribution is 2.40. The number of likely N-dealkylation sites (tertiary alicyclic amines) is 1. The Hall–Kier alpha value is -3.48. The van der Waals surface area contributed by atoms with Gasteiger partial charge < -0.3 is 19.7 Å². The van der Waals surface area contributed by atoms with E-state index in [1.807, 2.05) is 39.9 Å². The summed E-state index contributed by atoms with van der Waals surface area (Å²) in [5, 5.41) is 8.19. The topological polar surface area (TPSA) is 68.6 Å². The maximum atomic E-state index is 13.5. The predicted molar refractivity (Wildman–Crippen MR) is 127 cm³/mol. The second-order valence-electron chi connectivity index (χ2n) is 9.40. The molecule has 2 aliphatic rings. The number of hydrogen-bond acceptors (Lipinski definition) is 5. The van der Waals surface area contributed by atoms with Crippen LogP contribution in [-0.4, -0.2) is 46.9 Å². The highest BCUT2D eigenvalue weighted by molar-refractivity contribution is 5.99. The lowest BCUT2D eigenvalue weighted by Gasteiger charge is -2.38. The summed E-state index contributed by atoms with van der Waals surface area (Å²) in [5.41, 5.74) is 1.63. The Morgan fingerprint density at radius 2 is 1.82 bits per heavy atom. The molecule has 0 spiro atoms. The van der Waals surface area contributed by atoms with Gasteiger partial charge in [0, 0.05) is 13.0 Å². The Morgan fingerprint density at radius 3 is 2.55 bits per heavy atom. The third kappa shape index (κ3) is 4.15. The minimum absolute atomic E-state index is 0.00547. The van der Waals surface area contributed by atoms with Crippen LogP contribution in [0.15, 0.2) is 60.8 Å². The number of methoxy groups -OCH3 is 1. The first kappa shape index (κ1) is 21.4. The van der Waals surface area contributed by atoms with Crippen molar-refractivity contribution in [3.63, 3.8) is 0 Å². The molecule has 7 heteroatoms. The van der Waals surface area contributed by atoms with E-state index in [0.29, 0.717) is 18.7 Å². The van der Waals surface area contributed by atoms with Gasteiger partial charge in [0.05, 0.1) is 31.4 Å². The van der Waals surface area contributed by atoms with Gasteiger partial charge in [-0.25, -0.2) is 4.68 Å². The molecule has 0 aliphatic carbocycles. The number of carbonyl (C=O) groups excluding carboxylic acids is 1.